The molecule has 3 rings (SSSR count). The predicted molar refractivity (Wildman–Crippen MR) is 117 cm³/mol. The van der Waals surface area contributed by atoms with E-state index < -0.39 is 6.04 Å². The molecule has 0 bridgehead atoms. The van der Waals surface area contributed by atoms with Crippen LogP contribution in [0, 0.1) is 0 Å². The molecule has 0 radical (unpaired) electrons. The van der Waals surface area contributed by atoms with Crippen molar-refractivity contribution in [2.75, 3.05) is 5.32 Å². The van der Waals surface area contributed by atoms with Crippen LogP contribution in [0.3, 0.4) is 0 Å². The first-order chi connectivity index (χ1) is 14.1. The van der Waals surface area contributed by atoms with Gasteiger partial charge >= 0.3 is 0 Å². The lowest BCUT2D eigenvalue weighted by atomic mass is 10.0. The second-order valence-electron chi connectivity index (χ2n) is 6.68. The van der Waals surface area contributed by atoms with E-state index in [-0.39, 0.29) is 18.2 Å². The van der Waals surface area contributed by atoms with E-state index in [1.807, 2.05) is 61.5 Å². The first kappa shape index (κ1) is 20.6. The SMILES string of the molecule is CCc1ccccc1NC(=O)C[C@@H](NC(=O)c1ccccc1Cl)c1ccccc1. The maximum absolute atomic E-state index is 12.8. The minimum absolute atomic E-state index is 0.109. The molecule has 0 fully saturated rings. The van der Waals surface area contributed by atoms with E-state index in [1.165, 1.54) is 0 Å². The molecule has 1 atom stereocenters. The van der Waals surface area contributed by atoms with Gasteiger partial charge in [-0.3, -0.25) is 9.59 Å². The van der Waals surface area contributed by atoms with E-state index in [9.17, 15) is 9.59 Å². The van der Waals surface area contributed by atoms with Crippen LogP contribution in [-0.4, -0.2) is 11.8 Å². The Kier molecular flexibility index (Phi) is 7.04. The van der Waals surface area contributed by atoms with Crippen LogP contribution in [0.5, 0.6) is 0 Å². The number of carbonyl (C=O) groups excluding carboxylic acids is 2. The van der Waals surface area contributed by atoms with Crippen molar-refractivity contribution in [2.45, 2.75) is 25.8 Å². The number of nitrogens with one attached hydrogen (secondary N) is 2. The zero-order chi connectivity index (χ0) is 20.6. The van der Waals surface area contributed by atoms with Crippen molar-refractivity contribution in [1.29, 1.82) is 0 Å². The van der Waals surface area contributed by atoms with Gasteiger partial charge in [-0.25, -0.2) is 0 Å². The Balaban J connectivity index is 1.78. The number of aryl methyl sites for hydroxylation is 1. The third-order valence-electron chi connectivity index (χ3n) is 4.69. The van der Waals surface area contributed by atoms with Gasteiger partial charge in [0.25, 0.3) is 5.91 Å². The molecule has 0 aliphatic rings. The van der Waals surface area contributed by atoms with E-state index in [1.54, 1.807) is 24.3 Å². The number of carbonyl (C=O) groups is 2. The summed E-state index contributed by atoms with van der Waals surface area (Å²) < 4.78 is 0. The molecule has 0 saturated carbocycles. The van der Waals surface area contributed by atoms with Gasteiger partial charge in [0, 0.05) is 5.69 Å². The molecule has 148 valence electrons. The van der Waals surface area contributed by atoms with Crippen molar-refractivity contribution < 1.29 is 9.59 Å². The quantitative estimate of drug-likeness (QED) is 0.551. The highest BCUT2D eigenvalue weighted by Crippen LogP contribution is 2.22. The maximum Gasteiger partial charge on any atom is 0.253 e. The fraction of sp³-hybridized carbons (Fsp3) is 0.167. The van der Waals surface area contributed by atoms with Gasteiger partial charge in [0.1, 0.15) is 0 Å². The van der Waals surface area contributed by atoms with E-state index in [4.69, 9.17) is 11.6 Å². The van der Waals surface area contributed by atoms with Crippen LogP contribution in [0.2, 0.25) is 5.02 Å². The van der Waals surface area contributed by atoms with Gasteiger partial charge in [0.05, 0.1) is 23.0 Å². The number of hydrogen-bond acceptors (Lipinski definition) is 2. The highest BCUT2D eigenvalue weighted by atomic mass is 35.5. The molecule has 5 heteroatoms. The number of amides is 2. The third-order valence-corrected chi connectivity index (χ3v) is 5.02. The Morgan fingerprint density at radius 2 is 1.55 bits per heavy atom. The standard InChI is InChI=1S/C24H23ClN2O2/c1-2-17-10-6-9-15-21(17)26-23(28)16-22(18-11-4-3-5-12-18)27-24(29)19-13-7-8-14-20(19)25/h3-15,22H,2,16H2,1H3,(H,26,28)(H,27,29)/t22-/m1/s1. The molecule has 0 aromatic heterocycles. The fourth-order valence-electron chi connectivity index (χ4n) is 3.16. The smallest absolute Gasteiger partial charge is 0.253 e. The summed E-state index contributed by atoms with van der Waals surface area (Å²) in [7, 11) is 0. The lowest BCUT2D eigenvalue weighted by Crippen LogP contribution is -2.31. The Bertz CT molecular complexity index is 989. The average molecular weight is 407 g/mol. The summed E-state index contributed by atoms with van der Waals surface area (Å²) in [5.41, 5.74) is 3.10. The third kappa shape index (κ3) is 5.46. The molecular weight excluding hydrogens is 384 g/mol. The zero-order valence-electron chi connectivity index (χ0n) is 16.2. The maximum atomic E-state index is 12.8. The first-order valence-corrected chi connectivity index (χ1v) is 9.94. The van der Waals surface area contributed by atoms with Crippen LogP contribution in [0.1, 0.15) is 40.9 Å². The number of anilines is 1. The fourth-order valence-corrected chi connectivity index (χ4v) is 3.38. The topological polar surface area (TPSA) is 58.2 Å². The Hall–Kier alpha value is -3.11. The van der Waals surface area contributed by atoms with Crippen molar-refractivity contribution in [1.82, 2.24) is 5.32 Å². The van der Waals surface area contributed by atoms with Crippen LogP contribution < -0.4 is 10.6 Å². The normalized spacial score (nSPS) is 11.5. The summed E-state index contributed by atoms with van der Waals surface area (Å²) in [4.78, 5) is 25.5. The number of benzene rings is 3. The molecule has 0 unspecified atom stereocenters. The molecule has 0 aliphatic carbocycles. The Morgan fingerprint density at radius 1 is 0.897 bits per heavy atom. The van der Waals surface area contributed by atoms with Crippen LogP contribution in [0.25, 0.3) is 0 Å². The highest BCUT2D eigenvalue weighted by Gasteiger charge is 2.20. The molecule has 3 aromatic rings. The summed E-state index contributed by atoms with van der Waals surface area (Å²) in [6, 6.07) is 23.5. The first-order valence-electron chi connectivity index (χ1n) is 9.56. The van der Waals surface area contributed by atoms with Gasteiger partial charge in [-0.1, -0.05) is 79.2 Å². The van der Waals surface area contributed by atoms with Gasteiger partial charge in [0.2, 0.25) is 5.91 Å². The van der Waals surface area contributed by atoms with Gasteiger partial charge in [-0.05, 0) is 35.7 Å². The second kappa shape index (κ2) is 9.89. The highest BCUT2D eigenvalue weighted by molar-refractivity contribution is 6.33. The van der Waals surface area contributed by atoms with E-state index in [2.05, 4.69) is 10.6 Å². The second-order valence-corrected chi connectivity index (χ2v) is 7.09. The minimum atomic E-state index is -0.478. The van der Waals surface area contributed by atoms with Crippen LogP contribution in [0.4, 0.5) is 5.69 Å². The van der Waals surface area contributed by atoms with Gasteiger partial charge < -0.3 is 10.6 Å². The summed E-state index contributed by atoms with van der Waals surface area (Å²) >= 11 is 6.15. The van der Waals surface area contributed by atoms with Crippen molar-refractivity contribution in [3.8, 4) is 0 Å². The van der Waals surface area contributed by atoms with Crippen molar-refractivity contribution in [3.05, 3.63) is 101 Å². The number of rotatable bonds is 7. The van der Waals surface area contributed by atoms with Crippen LogP contribution >= 0.6 is 11.6 Å². The van der Waals surface area contributed by atoms with Gasteiger partial charge in [-0.15, -0.1) is 0 Å². The van der Waals surface area contributed by atoms with Gasteiger partial charge in [-0.2, -0.15) is 0 Å². The Labute approximate surface area is 175 Å². The van der Waals surface area contributed by atoms with E-state index >= 15 is 0 Å². The monoisotopic (exact) mass is 406 g/mol. The summed E-state index contributed by atoms with van der Waals surface area (Å²) in [5.74, 6) is -0.481. The Morgan fingerprint density at radius 3 is 2.28 bits per heavy atom. The molecule has 0 saturated heterocycles. The lowest BCUT2D eigenvalue weighted by Gasteiger charge is -2.20. The van der Waals surface area contributed by atoms with Gasteiger partial charge in [0.15, 0.2) is 0 Å². The minimum Gasteiger partial charge on any atom is -0.345 e. The summed E-state index contributed by atoms with van der Waals surface area (Å²) in [6.45, 7) is 2.04. The zero-order valence-corrected chi connectivity index (χ0v) is 16.9. The molecular formula is C24H23ClN2O2. The molecule has 4 nitrogen and oxygen atoms in total. The van der Waals surface area contributed by atoms with Crippen molar-refractivity contribution >= 4 is 29.1 Å². The summed E-state index contributed by atoms with van der Waals surface area (Å²) in [5, 5.41) is 6.29. The van der Waals surface area contributed by atoms with E-state index in [0.29, 0.717) is 10.6 Å². The number of para-hydroxylation sites is 1. The average Bonchev–Trinajstić information content (AvgIpc) is 2.74. The molecule has 0 aliphatic heterocycles. The largest absolute Gasteiger partial charge is 0.345 e. The number of halogens is 1. The van der Waals surface area contributed by atoms with Crippen molar-refractivity contribution in [2.24, 2.45) is 0 Å². The predicted octanol–water partition coefficient (Wildman–Crippen LogP) is 5.40. The van der Waals surface area contributed by atoms with E-state index in [0.717, 1.165) is 23.2 Å². The summed E-state index contributed by atoms with van der Waals surface area (Å²) in [6.07, 6.45) is 0.931. The molecule has 0 heterocycles. The van der Waals surface area contributed by atoms with Crippen molar-refractivity contribution in [3.63, 3.8) is 0 Å². The molecule has 2 amide bonds. The molecule has 2 N–H and O–H groups in total. The number of hydrogen-bond donors (Lipinski definition) is 2. The molecule has 29 heavy (non-hydrogen) atoms. The molecule has 3 aromatic carbocycles. The van der Waals surface area contributed by atoms with Crippen LogP contribution in [-0.2, 0) is 11.2 Å². The van der Waals surface area contributed by atoms with Crippen LogP contribution in [0.15, 0.2) is 78.9 Å². The molecule has 0 spiro atoms. The lowest BCUT2D eigenvalue weighted by molar-refractivity contribution is -0.116.